The fraction of sp³-hybridized carbons (Fsp3) is 0.304. The van der Waals surface area contributed by atoms with Gasteiger partial charge in [-0.1, -0.05) is 19.9 Å². The minimum absolute atomic E-state index is 0.00656. The molecule has 0 saturated carbocycles. The fourth-order valence-corrected chi connectivity index (χ4v) is 4.49. The molecule has 0 bridgehead atoms. The molecule has 0 aliphatic heterocycles. The van der Waals surface area contributed by atoms with Crippen LogP contribution < -0.4 is 19.9 Å². The Morgan fingerprint density at radius 1 is 1.03 bits per heavy atom. The van der Waals surface area contributed by atoms with Crippen LogP contribution in [0.25, 0.3) is 11.0 Å². The van der Waals surface area contributed by atoms with Gasteiger partial charge in [0.25, 0.3) is 10.0 Å². The second-order valence-electron chi connectivity index (χ2n) is 8.47. The number of aromatic nitrogens is 4. The summed E-state index contributed by atoms with van der Waals surface area (Å²) in [6.07, 6.45) is 2.66. The fourth-order valence-electron chi connectivity index (χ4n) is 3.45. The Bertz CT molecular complexity index is 1510. The number of fused-ring (bicyclic) bond motifs is 1. The number of anilines is 1. The molecular weight excluding hydrogens is 458 g/mol. The van der Waals surface area contributed by atoms with Crippen molar-refractivity contribution in [2.24, 2.45) is 27.1 Å². The molecule has 2 aromatic heterocycles. The normalized spacial score (nSPS) is 11.8. The van der Waals surface area contributed by atoms with Gasteiger partial charge in [-0.3, -0.25) is 18.5 Å². The third-order valence-electron chi connectivity index (χ3n) is 5.23. The van der Waals surface area contributed by atoms with Gasteiger partial charge >= 0.3 is 5.69 Å². The molecule has 4 rings (SSSR count). The van der Waals surface area contributed by atoms with Crippen molar-refractivity contribution >= 4 is 26.7 Å². The van der Waals surface area contributed by atoms with Gasteiger partial charge < -0.3 is 9.47 Å². The molecular formula is C23H27N5O5S. The molecule has 34 heavy (non-hydrogen) atoms. The average Bonchev–Trinajstić information content (AvgIpc) is 3.31. The van der Waals surface area contributed by atoms with Gasteiger partial charge in [-0.05, 0) is 24.1 Å². The Morgan fingerprint density at radius 3 is 2.35 bits per heavy atom. The number of aryl methyl sites for hydroxylation is 3. The quantitative estimate of drug-likeness (QED) is 0.410. The van der Waals surface area contributed by atoms with Crippen LogP contribution in [0, 0.1) is 5.92 Å². The number of ether oxygens (including phenoxy) is 2. The van der Waals surface area contributed by atoms with Gasteiger partial charge in [0.15, 0.2) is 5.75 Å². The molecule has 4 aromatic rings. The van der Waals surface area contributed by atoms with Gasteiger partial charge in [0.05, 0.1) is 29.5 Å². The third-order valence-corrected chi connectivity index (χ3v) is 6.55. The van der Waals surface area contributed by atoms with Crippen molar-refractivity contribution in [1.82, 2.24) is 18.9 Å². The molecule has 0 radical (unpaired) electrons. The first kappa shape index (κ1) is 23.4. The summed E-state index contributed by atoms with van der Waals surface area (Å²) >= 11 is 0. The van der Waals surface area contributed by atoms with Gasteiger partial charge in [0.1, 0.15) is 16.4 Å². The predicted molar refractivity (Wildman–Crippen MR) is 129 cm³/mol. The number of hydrogen-bond acceptors (Lipinski definition) is 6. The number of imidazole rings is 1. The minimum atomic E-state index is -3.95. The number of hydrogen-bond donors (Lipinski definition) is 1. The van der Waals surface area contributed by atoms with Gasteiger partial charge in [-0.15, -0.1) is 0 Å². The number of rotatable bonds is 8. The molecule has 0 amide bonds. The molecule has 0 atom stereocenters. The highest BCUT2D eigenvalue weighted by atomic mass is 32.2. The van der Waals surface area contributed by atoms with E-state index in [1.54, 1.807) is 51.5 Å². The lowest BCUT2D eigenvalue weighted by Crippen LogP contribution is -2.19. The number of benzene rings is 2. The lowest BCUT2D eigenvalue weighted by atomic mass is 10.2. The van der Waals surface area contributed by atoms with Gasteiger partial charge in [-0.2, -0.15) is 5.10 Å². The van der Waals surface area contributed by atoms with E-state index < -0.39 is 10.0 Å². The summed E-state index contributed by atoms with van der Waals surface area (Å²) in [6, 6.07) is 10.3. The van der Waals surface area contributed by atoms with Crippen molar-refractivity contribution in [2.45, 2.75) is 18.7 Å². The zero-order chi connectivity index (χ0) is 24.6. The van der Waals surface area contributed by atoms with Crippen LogP contribution in [0.3, 0.4) is 0 Å². The van der Waals surface area contributed by atoms with E-state index >= 15 is 0 Å². The average molecular weight is 486 g/mol. The molecule has 2 aromatic carbocycles. The van der Waals surface area contributed by atoms with E-state index in [1.165, 1.54) is 26.2 Å². The molecule has 11 heteroatoms. The van der Waals surface area contributed by atoms with Crippen LogP contribution in [0.2, 0.25) is 0 Å². The SMILES string of the molecule is CC(C)COc1cccc(Oc2cc3c(cc2NS(=O)(=O)c2cnn(C)c2)n(C)c(=O)n3C)c1. The van der Waals surface area contributed by atoms with Crippen LogP contribution in [0.4, 0.5) is 5.69 Å². The van der Waals surface area contributed by atoms with Crippen molar-refractivity contribution in [3.63, 3.8) is 0 Å². The van der Waals surface area contributed by atoms with E-state index in [2.05, 4.69) is 23.7 Å². The van der Waals surface area contributed by atoms with E-state index in [-0.39, 0.29) is 22.0 Å². The number of nitrogens with zero attached hydrogens (tertiary/aromatic N) is 4. The Labute approximate surface area is 197 Å². The number of nitrogens with one attached hydrogen (secondary N) is 1. The molecule has 0 unspecified atom stereocenters. The third kappa shape index (κ3) is 4.65. The molecule has 0 aliphatic carbocycles. The second-order valence-corrected chi connectivity index (χ2v) is 10.2. The Kier molecular flexibility index (Phi) is 6.13. The summed E-state index contributed by atoms with van der Waals surface area (Å²) in [5, 5.41) is 3.94. The van der Waals surface area contributed by atoms with Gasteiger partial charge in [-0.25, -0.2) is 13.2 Å². The maximum absolute atomic E-state index is 13.0. The van der Waals surface area contributed by atoms with Crippen molar-refractivity contribution in [2.75, 3.05) is 11.3 Å². The summed E-state index contributed by atoms with van der Waals surface area (Å²) in [4.78, 5) is 12.5. The zero-order valence-corrected chi connectivity index (χ0v) is 20.5. The molecule has 1 N–H and O–H groups in total. The second kappa shape index (κ2) is 8.90. The number of sulfonamides is 1. The molecule has 0 saturated heterocycles. The van der Waals surface area contributed by atoms with Crippen LogP contribution in [0.15, 0.2) is 58.5 Å². The van der Waals surface area contributed by atoms with E-state index in [0.717, 1.165) is 0 Å². The largest absolute Gasteiger partial charge is 0.493 e. The van der Waals surface area contributed by atoms with E-state index in [4.69, 9.17) is 9.47 Å². The van der Waals surface area contributed by atoms with Crippen LogP contribution in [-0.2, 0) is 31.2 Å². The van der Waals surface area contributed by atoms with Crippen LogP contribution in [0.1, 0.15) is 13.8 Å². The predicted octanol–water partition coefficient (Wildman–Crippen LogP) is 3.24. The summed E-state index contributed by atoms with van der Waals surface area (Å²) < 4.78 is 44.8. The first-order valence-electron chi connectivity index (χ1n) is 10.7. The standard InChI is InChI=1S/C23H27N5O5S/c1-15(2)14-32-16-7-6-8-17(9-16)33-22-11-21-20(27(4)23(29)28(21)5)10-19(22)25-34(30,31)18-12-24-26(3)13-18/h6-13,15,25H,14H2,1-5H3. The molecule has 2 heterocycles. The van der Waals surface area contributed by atoms with Crippen molar-refractivity contribution in [3.8, 4) is 17.2 Å². The lowest BCUT2D eigenvalue weighted by Gasteiger charge is -2.15. The first-order chi connectivity index (χ1) is 16.0. The molecule has 0 fully saturated rings. The molecule has 0 spiro atoms. The van der Waals surface area contributed by atoms with Crippen LogP contribution in [-0.4, -0.2) is 33.9 Å². The van der Waals surface area contributed by atoms with Gasteiger partial charge in [0.2, 0.25) is 0 Å². The summed E-state index contributed by atoms with van der Waals surface area (Å²) in [5.74, 6) is 1.70. The van der Waals surface area contributed by atoms with Crippen molar-refractivity contribution in [3.05, 3.63) is 59.3 Å². The van der Waals surface area contributed by atoms with Crippen LogP contribution in [0.5, 0.6) is 17.2 Å². The summed E-state index contributed by atoms with van der Waals surface area (Å²) in [6.45, 7) is 4.67. The molecule has 0 aliphatic rings. The van der Waals surface area contributed by atoms with E-state index in [9.17, 15) is 13.2 Å². The molecule has 180 valence electrons. The monoisotopic (exact) mass is 485 g/mol. The Balaban J connectivity index is 1.78. The molecule has 10 nitrogen and oxygen atoms in total. The highest BCUT2D eigenvalue weighted by molar-refractivity contribution is 7.92. The highest BCUT2D eigenvalue weighted by Gasteiger charge is 2.21. The summed E-state index contributed by atoms with van der Waals surface area (Å²) in [5.41, 5.74) is 1.10. The summed E-state index contributed by atoms with van der Waals surface area (Å²) in [7, 11) is 0.954. The lowest BCUT2D eigenvalue weighted by molar-refractivity contribution is 0.270. The smallest absolute Gasteiger partial charge is 0.328 e. The maximum atomic E-state index is 13.0. The maximum Gasteiger partial charge on any atom is 0.328 e. The van der Waals surface area contributed by atoms with Crippen molar-refractivity contribution < 1.29 is 17.9 Å². The highest BCUT2D eigenvalue weighted by Crippen LogP contribution is 2.36. The van der Waals surface area contributed by atoms with Gasteiger partial charge in [0, 0.05) is 39.5 Å². The minimum Gasteiger partial charge on any atom is -0.493 e. The Morgan fingerprint density at radius 2 is 1.71 bits per heavy atom. The van der Waals surface area contributed by atoms with Crippen molar-refractivity contribution in [1.29, 1.82) is 0 Å². The first-order valence-corrected chi connectivity index (χ1v) is 12.1. The topological polar surface area (TPSA) is 109 Å². The van der Waals surface area contributed by atoms with Crippen LogP contribution >= 0.6 is 0 Å². The van der Waals surface area contributed by atoms with E-state index in [1.807, 2.05) is 6.07 Å². The zero-order valence-electron chi connectivity index (χ0n) is 19.6. The Hall–Kier alpha value is -3.73. The van der Waals surface area contributed by atoms with E-state index in [0.29, 0.717) is 35.1 Å².